The molecular formula is C17H17NO3. The number of hydrogen-bond acceptors (Lipinski definition) is 3. The van der Waals surface area contributed by atoms with Crippen LogP contribution in [-0.2, 0) is 0 Å². The molecule has 0 radical (unpaired) electrons. The lowest BCUT2D eigenvalue weighted by molar-refractivity contribution is 0.398. The molecule has 1 heterocycles. The molecular weight excluding hydrogens is 266 g/mol. The number of rotatable bonds is 4. The molecule has 0 atom stereocenters. The maximum absolute atomic E-state index is 5.51. The van der Waals surface area contributed by atoms with E-state index in [1.165, 1.54) is 0 Å². The van der Waals surface area contributed by atoms with Crippen molar-refractivity contribution in [1.82, 2.24) is 4.98 Å². The van der Waals surface area contributed by atoms with Gasteiger partial charge in [0.15, 0.2) is 0 Å². The molecule has 0 saturated carbocycles. The molecule has 2 aromatic carbocycles. The molecule has 0 unspecified atom stereocenters. The summed E-state index contributed by atoms with van der Waals surface area (Å²) in [4.78, 5) is 3.27. The summed E-state index contributed by atoms with van der Waals surface area (Å²) >= 11 is 0. The van der Waals surface area contributed by atoms with Crippen LogP contribution in [0.25, 0.3) is 22.0 Å². The van der Waals surface area contributed by atoms with Gasteiger partial charge in [-0.1, -0.05) is 12.1 Å². The Morgan fingerprint density at radius 1 is 0.810 bits per heavy atom. The molecule has 0 fully saturated rings. The average molecular weight is 283 g/mol. The molecule has 0 saturated heterocycles. The molecule has 108 valence electrons. The first-order valence-corrected chi connectivity index (χ1v) is 6.64. The summed E-state index contributed by atoms with van der Waals surface area (Å²) in [6.07, 6.45) is 1.98. The van der Waals surface area contributed by atoms with Crippen molar-refractivity contribution in [3.05, 3.63) is 42.6 Å². The van der Waals surface area contributed by atoms with Crippen LogP contribution in [-0.4, -0.2) is 26.3 Å². The molecule has 1 aromatic heterocycles. The molecule has 3 rings (SSSR count). The minimum Gasteiger partial charge on any atom is -0.497 e. The van der Waals surface area contributed by atoms with Crippen LogP contribution in [0, 0.1) is 0 Å². The Morgan fingerprint density at radius 3 is 2.14 bits per heavy atom. The minimum atomic E-state index is 0.766. The third-order valence-corrected chi connectivity index (χ3v) is 3.57. The number of aromatic amines is 1. The van der Waals surface area contributed by atoms with Gasteiger partial charge in [-0.2, -0.15) is 0 Å². The van der Waals surface area contributed by atoms with Crippen LogP contribution < -0.4 is 14.2 Å². The van der Waals surface area contributed by atoms with E-state index in [1.54, 1.807) is 21.3 Å². The summed E-state index contributed by atoms with van der Waals surface area (Å²) in [6.45, 7) is 0. The zero-order valence-electron chi connectivity index (χ0n) is 12.3. The summed E-state index contributed by atoms with van der Waals surface area (Å²) in [6, 6.07) is 11.8. The van der Waals surface area contributed by atoms with E-state index in [-0.39, 0.29) is 0 Å². The van der Waals surface area contributed by atoms with Gasteiger partial charge in [0.1, 0.15) is 17.2 Å². The van der Waals surface area contributed by atoms with Gasteiger partial charge in [0, 0.05) is 29.3 Å². The van der Waals surface area contributed by atoms with Crippen LogP contribution in [0.1, 0.15) is 0 Å². The number of aromatic nitrogens is 1. The van der Waals surface area contributed by atoms with E-state index in [4.69, 9.17) is 14.2 Å². The normalized spacial score (nSPS) is 10.6. The van der Waals surface area contributed by atoms with Crippen molar-refractivity contribution >= 4 is 10.9 Å². The van der Waals surface area contributed by atoms with Crippen LogP contribution in [0.5, 0.6) is 17.2 Å². The highest BCUT2D eigenvalue weighted by atomic mass is 16.5. The number of nitrogens with one attached hydrogen (secondary N) is 1. The standard InChI is InChI=1S/C17H17NO3/c1-19-12-6-4-11(5-7-12)14-10-18-15-8-13(20-2)9-16(21-3)17(14)15/h4-10,18H,1-3H3. The van der Waals surface area contributed by atoms with Crippen molar-refractivity contribution in [1.29, 1.82) is 0 Å². The van der Waals surface area contributed by atoms with Gasteiger partial charge in [-0.05, 0) is 17.7 Å². The molecule has 4 nitrogen and oxygen atoms in total. The maximum Gasteiger partial charge on any atom is 0.132 e. The lowest BCUT2D eigenvalue weighted by Crippen LogP contribution is -1.88. The second-order valence-corrected chi connectivity index (χ2v) is 4.68. The molecule has 0 aliphatic heterocycles. The lowest BCUT2D eigenvalue weighted by Gasteiger charge is -2.08. The van der Waals surface area contributed by atoms with Crippen molar-refractivity contribution in [3.63, 3.8) is 0 Å². The van der Waals surface area contributed by atoms with Crippen molar-refractivity contribution in [2.24, 2.45) is 0 Å². The smallest absolute Gasteiger partial charge is 0.132 e. The number of ether oxygens (including phenoxy) is 3. The fourth-order valence-corrected chi connectivity index (χ4v) is 2.48. The van der Waals surface area contributed by atoms with E-state index < -0.39 is 0 Å². The molecule has 0 aliphatic carbocycles. The Morgan fingerprint density at radius 2 is 1.52 bits per heavy atom. The topological polar surface area (TPSA) is 43.5 Å². The average Bonchev–Trinajstić information content (AvgIpc) is 2.97. The predicted octanol–water partition coefficient (Wildman–Crippen LogP) is 3.86. The van der Waals surface area contributed by atoms with Crippen molar-refractivity contribution in [2.75, 3.05) is 21.3 Å². The highest BCUT2D eigenvalue weighted by molar-refractivity contribution is 6.00. The summed E-state index contributed by atoms with van der Waals surface area (Å²) in [7, 11) is 4.98. The summed E-state index contributed by atoms with van der Waals surface area (Å²) in [5.74, 6) is 2.39. The van der Waals surface area contributed by atoms with Gasteiger partial charge in [-0.3, -0.25) is 0 Å². The number of H-pyrrole nitrogens is 1. The zero-order valence-corrected chi connectivity index (χ0v) is 12.3. The largest absolute Gasteiger partial charge is 0.497 e. The summed E-state index contributed by atoms with van der Waals surface area (Å²) in [5.41, 5.74) is 3.18. The van der Waals surface area contributed by atoms with Crippen LogP contribution in [0.3, 0.4) is 0 Å². The third kappa shape index (κ3) is 2.29. The predicted molar refractivity (Wildman–Crippen MR) is 83.4 cm³/mol. The molecule has 0 amide bonds. The Labute approximate surface area is 123 Å². The zero-order chi connectivity index (χ0) is 14.8. The van der Waals surface area contributed by atoms with Gasteiger partial charge >= 0.3 is 0 Å². The van der Waals surface area contributed by atoms with Gasteiger partial charge in [0.25, 0.3) is 0 Å². The van der Waals surface area contributed by atoms with Gasteiger partial charge in [-0.25, -0.2) is 0 Å². The monoisotopic (exact) mass is 283 g/mol. The summed E-state index contributed by atoms with van der Waals surface area (Å²) < 4.78 is 16.0. The number of methoxy groups -OCH3 is 3. The molecule has 0 aliphatic rings. The molecule has 0 spiro atoms. The van der Waals surface area contributed by atoms with E-state index in [1.807, 2.05) is 42.6 Å². The number of benzene rings is 2. The SMILES string of the molecule is COc1ccc(-c2c[nH]c3cc(OC)cc(OC)c23)cc1. The van der Waals surface area contributed by atoms with Gasteiger partial charge in [-0.15, -0.1) is 0 Å². The van der Waals surface area contributed by atoms with Crippen LogP contribution >= 0.6 is 0 Å². The fraction of sp³-hybridized carbons (Fsp3) is 0.176. The highest BCUT2D eigenvalue weighted by Crippen LogP contribution is 2.38. The molecule has 3 aromatic rings. The maximum atomic E-state index is 5.51. The summed E-state index contributed by atoms with van der Waals surface area (Å²) in [5, 5.41) is 1.04. The van der Waals surface area contributed by atoms with Crippen molar-refractivity contribution in [2.45, 2.75) is 0 Å². The first-order valence-electron chi connectivity index (χ1n) is 6.64. The Kier molecular flexibility index (Phi) is 3.44. The lowest BCUT2D eigenvalue weighted by atomic mass is 10.0. The van der Waals surface area contributed by atoms with Gasteiger partial charge in [0.05, 0.1) is 26.8 Å². The number of fused-ring (bicyclic) bond motifs is 1. The second kappa shape index (κ2) is 5.40. The van der Waals surface area contributed by atoms with E-state index in [0.29, 0.717) is 0 Å². The van der Waals surface area contributed by atoms with Gasteiger partial charge in [0.2, 0.25) is 0 Å². The first kappa shape index (κ1) is 13.4. The molecule has 0 bridgehead atoms. The Bertz CT molecular complexity index is 760. The molecule has 1 N–H and O–H groups in total. The number of hydrogen-bond donors (Lipinski definition) is 1. The highest BCUT2D eigenvalue weighted by Gasteiger charge is 2.13. The van der Waals surface area contributed by atoms with E-state index >= 15 is 0 Å². The minimum absolute atomic E-state index is 0.766. The Hall–Kier alpha value is -2.62. The van der Waals surface area contributed by atoms with E-state index in [0.717, 1.165) is 39.3 Å². The first-order chi connectivity index (χ1) is 10.3. The fourth-order valence-electron chi connectivity index (χ4n) is 2.48. The molecule has 4 heteroatoms. The van der Waals surface area contributed by atoms with Crippen LogP contribution in [0.15, 0.2) is 42.6 Å². The van der Waals surface area contributed by atoms with Crippen LogP contribution in [0.2, 0.25) is 0 Å². The quantitative estimate of drug-likeness (QED) is 0.790. The van der Waals surface area contributed by atoms with Crippen molar-refractivity contribution < 1.29 is 14.2 Å². The van der Waals surface area contributed by atoms with Crippen LogP contribution in [0.4, 0.5) is 0 Å². The van der Waals surface area contributed by atoms with Gasteiger partial charge < -0.3 is 19.2 Å². The third-order valence-electron chi connectivity index (χ3n) is 3.57. The van der Waals surface area contributed by atoms with E-state index in [2.05, 4.69) is 4.98 Å². The van der Waals surface area contributed by atoms with E-state index in [9.17, 15) is 0 Å². The molecule has 21 heavy (non-hydrogen) atoms. The van der Waals surface area contributed by atoms with Crippen molar-refractivity contribution in [3.8, 4) is 28.4 Å². The second-order valence-electron chi connectivity index (χ2n) is 4.68. The Balaban J connectivity index is 2.18.